The zero-order chi connectivity index (χ0) is 16.7. The van der Waals surface area contributed by atoms with Gasteiger partial charge in [0.25, 0.3) is 0 Å². The fourth-order valence-corrected chi connectivity index (χ4v) is 3.54. The topological polar surface area (TPSA) is 86.3 Å². The maximum Gasteiger partial charge on any atom is 0.208 e. The molecular weight excluding hydrogens is 318 g/mol. The van der Waals surface area contributed by atoms with E-state index < -0.39 is 10.0 Å². The van der Waals surface area contributed by atoms with E-state index in [1.807, 2.05) is 0 Å². The van der Waals surface area contributed by atoms with Gasteiger partial charge < -0.3 is 15.0 Å². The van der Waals surface area contributed by atoms with Crippen LogP contribution in [0.3, 0.4) is 0 Å². The van der Waals surface area contributed by atoms with Crippen molar-refractivity contribution in [1.29, 1.82) is 0 Å². The highest BCUT2D eigenvalue weighted by atomic mass is 32.2. The average molecular weight is 347 g/mol. The van der Waals surface area contributed by atoms with E-state index in [2.05, 4.69) is 24.8 Å². The van der Waals surface area contributed by atoms with Crippen LogP contribution in [0.15, 0.2) is 4.99 Å². The second-order valence-electron chi connectivity index (χ2n) is 6.15. The normalized spacial score (nSPS) is 24.2. The van der Waals surface area contributed by atoms with E-state index in [9.17, 15) is 8.42 Å². The third-order valence-corrected chi connectivity index (χ3v) is 4.92. The molecule has 2 fully saturated rings. The lowest BCUT2D eigenvalue weighted by Gasteiger charge is -2.29. The molecule has 0 aliphatic carbocycles. The van der Waals surface area contributed by atoms with Gasteiger partial charge in [0.1, 0.15) is 0 Å². The molecule has 0 bridgehead atoms. The molecule has 0 amide bonds. The lowest BCUT2D eigenvalue weighted by atomic mass is 10.1. The Bertz CT molecular complexity index is 491. The summed E-state index contributed by atoms with van der Waals surface area (Å²) in [6, 6.07) is 0. The molecule has 1 atom stereocenters. The number of likely N-dealkylation sites (tertiary alicyclic amines) is 1. The van der Waals surface area contributed by atoms with Crippen LogP contribution in [0.5, 0.6) is 0 Å². The molecule has 9 heteroatoms. The van der Waals surface area contributed by atoms with Gasteiger partial charge in [0, 0.05) is 52.9 Å². The largest absolute Gasteiger partial charge is 0.379 e. The summed E-state index contributed by atoms with van der Waals surface area (Å²) in [7, 11) is -1.37. The van der Waals surface area contributed by atoms with Gasteiger partial charge in [0.05, 0.1) is 19.5 Å². The standard InChI is InChI=1S/C14H29N5O3S/c1-15-14(16-4-5-17-23(2,20)21)19-6-3-13(12-19)11-18-7-9-22-10-8-18/h13,17H,3-12H2,1-2H3,(H,15,16). The Morgan fingerprint density at radius 1 is 1.26 bits per heavy atom. The molecule has 0 radical (unpaired) electrons. The number of guanidine groups is 1. The summed E-state index contributed by atoms with van der Waals surface area (Å²) in [4.78, 5) is 9.04. The van der Waals surface area contributed by atoms with Gasteiger partial charge in [0.2, 0.25) is 10.0 Å². The number of ether oxygens (including phenoxy) is 1. The first-order chi connectivity index (χ1) is 11.0. The van der Waals surface area contributed by atoms with Gasteiger partial charge in [-0.1, -0.05) is 0 Å². The zero-order valence-electron chi connectivity index (χ0n) is 14.1. The molecule has 0 aromatic rings. The summed E-state index contributed by atoms with van der Waals surface area (Å²) in [5.41, 5.74) is 0. The van der Waals surface area contributed by atoms with Gasteiger partial charge in [-0.25, -0.2) is 13.1 Å². The van der Waals surface area contributed by atoms with Crippen molar-refractivity contribution < 1.29 is 13.2 Å². The van der Waals surface area contributed by atoms with Gasteiger partial charge in [0.15, 0.2) is 5.96 Å². The van der Waals surface area contributed by atoms with Crippen molar-refractivity contribution in [1.82, 2.24) is 19.8 Å². The highest BCUT2D eigenvalue weighted by Crippen LogP contribution is 2.18. The molecule has 134 valence electrons. The van der Waals surface area contributed by atoms with E-state index in [-0.39, 0.29) is 0 Å². The maximum absolute atomic E-state index is 11.0. The minimum absolute atomic E-state index is 0.364. The Labute approximate surface area is 139 Å². The lowest BCUT2D eigenvalue weighted by Crippen LogP contribution is -2.44. The smallest absolute Gasteiger partial charge is 0.208 e. The fraction of sp³-hybridized carbons (Fsp3) is 0.929. The van der Waals surface area contributed by atoms with E-state index in [1.165, 1.54) is 12.7 Å². The predicted octanol–water partition coefficient (Wildman–Crippen LogP) is -1.23. The predicted molar refractivity (Wildman–Crippen MR) is 91.1 cm³/mol. The van der Waals surface area contributed by atoms with Crippen LogP contribution >= 0.6 is 0 Å². The average Bonchev–Trinajstić information content (AvgIpc) is 2.95. The Hall–Kier alpha value is -0.900. The number of aliphatic imine (C=N–C) groups is 1. The Morgan fingerprint density at radius 2 is 2.00 bits per heavy atom. The summed E-state index contributed by atoms with van der Waals surface area (Å²) < 4.78 is 29.9. The number of nitrogens with one attached hydrogen (secondary N) is 2. The third kappa shape index (κ3) is 6.62. The van der Waals surface area contributed by atoms with Crippen molar-refractivity contribution in [3.63, 3.8) is 0 Å². The molecule has 2 rings (SSSR count). The second-order valence-corrected chi connectivity index (χ2v) is 7.99. The molecule has 0 saturated carbocycles. The van der Waals surface area contributed by atoms with Crippen molar-refractivity contribution in [3.05, 3.63) is 0 Å². The molecule has 2 N–H and O–H groups in total. The van der Waals surface area contributed by atoms with Crippen LogP contribution in [0.4, 0.5) is 0 Å². The van der Waals surface area contributed by atoms with Crippen molar-refractivity contribution >= 4 is 16.0 Å². The van der Waals surface area contributed by atoms with Gasteiger partial charge in [-0.05, 0) is 12.3 Å². The zero-order valence-corrected chi connectivity index (χ0v) is 14.9. The summed E-state index contributed by atoms with van der Waals surface area (Å²) in [6.07, 6.45) is 2.33. The molecule has 0 aromatic carbocycles. The number of hydrogen-bond acceptors (Lipinski definition) is 5. The van der Waals surface area contributed by atoms with Crippen LogP contribution in [0.2, 0.25) is 0 Å². The summed E-state index contributed by atoms with van der Waals surface area (Å²) in [5.74, 6) is 1.51. The summed E-state index contributed by atoms with van der Waals surface area (Å²) in [6.45, 7) is 7.74. The van der Waals surface area contributed by atoms with Crippen molar-refractivity contribution in [2.24, 2.45) is 10.9 Å². The molecule has 0 spiro atoms. The third-order valence-electron chi connectivity index (χ3n) is 4.19. The number of nitrogens with zero attached hydrogens (tertiary/aromatic N) is 3. The Morgan fingerprint density at radius 3 is 2.65 bits per heavy atom. The molecule has 1 unspecified atom stereocenters. The van der Waals surface area contributed by atoms with E-state index >= 15 is 0 Å². The van der Waals surface area contributed by atoms with Gasteiger partial charge in [-0.15, -0.1) is 0 Å². The molecule has 2 saturated heterocycles. The first kappa shape index (κ1) is 18.4. The van der Waals surface area contributed by atoms with Crippen LogP contribution in [-0.2, 0) is 14.8 Å². The molecule has 2 heterocycles. The highest BCUT2D eigenvalue weighted by Gasteiger charge is 2.26. The van der Waals surface area contributed by atoms with Crippen LogP contribution < -0.4 is 10.0 Å². The van der Waals surface area contributed by atoms with Crippen molar-refractivity contribution in [3.8, 4) is 0 Å². The van der Waals surface area contributed by atoms with Crippen molar-refractivity contribution in [2.75, 3.05) is 72.3 Å². The molecule has 0 aromatic heterocycles. The first-order valence-electron chi connectivity index (χ1n) is 8.18. The van der Waals surface area contributed by atoms with E-state index in [0.29, 0.717) is 19.0 Å². The first-order valence-corrected chi connectivity index (χ1v) is 10.1. The monoisotopic (exact) mass is 347 g/mol. The number of rotatable bonds is 6. The van der Waals surface area contributed by atoms with E-state index in [4.69, 9.17) is 4.74 Å². The van der Waals surface area contributed by atoms with Gasteiger partial charge in [-0.3, -0.25) is 9.89 Å². The molecular formula is C14H29N5O3S. The quantitative estimate of drug-likeness (QED) is 0.355. The minimum Gasteiger partial charge on any atom is -0.379 e. The van der Waals surface area contributed by atoms with E-state index in [1.54, 1.807) is 7.05 Å². The molecule has 2 aliphatic rings. The minimum atomic E-state index is -3.13. The second kappa shape index (κ2) is 8.81. The van der Waals surface area contributed by atoms with Crippen LogP contribution in [-0.4, -0.2) is 96.5 Å². The molecule has 8 nitrogen and oxygen atoms in total. The van der Waals surface area contributed by atoms with Crippen molar-refractivity contribution in [2.45, 2.75) is 6.42 Å². The van der Waals surface area contributed by atoms with Gasteiger partial charge in [-0.2, -0.15) is 0 Å². The number of sulfonamides is 1. The highest BCUT2D eigenvalue weighted by molar-refractivity contribution is 7.88. The van der Waals surface area contributed by atoms with Gasteiger partial charge >= 0.3 is 0 Å². The van der Waals surface area contributed by atoms with E-state index in [0.717, 1.165) is 51.9 Å². The summed E-state index contributed by atoms with van der Waals surface area (Å²) >= 11 is 0. The lowest BCUT2D eigenvalue weighted by molar-refractivity contribution is 0.0315. The summed E-state index contributed by atoms with van der Waals surface area (Å²) in [5, 5.41) is 3.22. The van der Waals surface area contributed by atoms with Crippen LogP contribution in [0.25, 0.3) is 0 Å². The Kier molecular flexibility index (Phi) is 7.07. The van der Waals surface area contributed by atoms with Crippen LogP contribution in [0.1, 0.15) is 6.42 Å². The SMILES string of the molecule is CN=C(NCCNS(C)(=O)=O)N1CCC(CN2CCOCC2)C1. The number of hydrogen-bond donors (Lipinski definition) is 2. The maximum atomic E-state index is 11.0. The molecule has 2 aliphatic heterocycles. The number of morpholine rings is 1. The van der Waals surface area contributed by atoms with Crippen LogP contribution in [0, 0.1) is 5.92 Å². The fourth-order valence-electron chi connectivity index (χ4n) is 3.07. The Balaban J connectivity index is 1.70. The molecule has 23 heavy (non-hydrogen) atoms.